The number of fused-ring (bicyclic) bond motifs is 1. The van der Waals surface area contributed by atoms with Crippen molar-refractivity contribution >= 4 is 16.8 Å². The second kappa shape index (κ2) is 8.17. The van der Waals surface area contributed by atoms with Gasteiger partial charge >= 0.3 is 0 Å². The van der Waals surface area contributed by atoms with Gasteiger partial charge in [0.05, 0.1) is 37.3 Å². The van der Waals surface area contributed by atoms with E-state index < -0.39 is 0 Å². The Morgan fingerprint density at radius 1 is 0.800 bits per heavy atom. The largest absolute Gasteiger partial charge is 0.361 e. The Kier molecular flexibility index (Phi) is 5.08. The van der Waals surface area contributed by atoms with Crippen LogP contribution in [0.2, 0.25) is 0 Å². The van der Waals surface area contributed by atoms with Crippen LogP contribution in [0.3, 0.4) is 0 Å². The molecule has 4 heteroatoms. The monoisotopic (exact) mass is 396 g/mol. The van der Waals surface area contributed by atoms with E-state index in [0.717, 1.165) is 42.6 Å². The van der Waals surface area contributed by atoms with Gasteiger partial charge in [-0.05, 0) is 12.1 Å². The highest BCUT2D eigenvalue weighted by molar-refractivity contribution is 6.05. The summed E-state index contributed by atoms with van der Waals surface area (Å²) < 4.78 is 0. The van der Waals surface area contributed by atoms with Gasteiger partial charge in [-0.2, -0.15) is 0 Å². The van der Waals surface area contributed by atoms with E-state index in [1.165, 1.54) is 16.0 Å². The summed E-state index contributed by atoms with van der Waals surface area (Å²) in [4.78, 5) is 20.0. The van der Waals surface area contributed by atoms with Gasteiger partial charge in [0.1, 0.15) is 6.04 Å². The lowest BCUT2D eigenvalue weighted by molar-refractivity contribution is -0.929. The second-order valence-electron chi connectivity index (χ2n) is 7.95. The van der Waals surface area contributed by atoms with Crippen molar-refractivity contribution in [1.82, 2.24) is 9.88 Å². The number of nitrogens with zero attached hydrogens (tertiary/aromatic N) is 1. The predicted molar refractivity (Wildman–Crippen MR) is 120 cm³/mol. The van der Waals surface area contributed by atoms with Crippen molar-refractivity contribution in [2.45, 2.75) is 6.04 Å². The number of carbonyl (C=O) groups is 1. The van der Waals surface area contributed by atoms with Crippen molar-refractivity contribution in [3.05, 3.63) is 108 Å². The lowest BCUT2D eigenvalue weighted by Gasteiger charge is -2.37. The highest BCUT2D eigenvalue weighted by Crippen LogP contribution is 2.21. The number of para-hydroxylation sites is 1. The molecule has 0 spiro atoms. The summed E-state index contributed by atoms with van der Waals surface area (Å²) in [6.45, 7) is 3.39. The number of rotatable bonds is 4. The fourth-order valence-electron chi connectivity index (χ4n) is 4.67. The Morgan fingerprint density at radius 2 is 1.43 bits per heavy atom. The van der Waals surface area contributed by atoms with Crippen molar-refractivity contribution in [2.24, 2.45) is 0 Å². The minimum absolute atomic E-state index is 0.123. The average Bonchev–Trinajstić information content (AvgIpc) is 3.30. The topological polar surface area (TPSA) is 40.5 Å². The normalized spacial score (nSPS) is 15.0. The second-order valence-corrected chi connectivity index (χ2v) is 7.95. The van der Waals surface area contributed by atoms with Crippen LogP contribution < -0.4 is 4.90 Å². The average molecular weight is 397 g/mol. The third-order valence-electron chi connectivity index (χ3n) is 6.18. The molecule has 2 heterocycles. The third-order valence-corrected chi connectivity index (χ3v) is 6.18. The highest BCUT2D eigenvalue weighted by atomic mass is 16.2. The maximum atomic E-state index is 13.2. The van der Waals surface area contributed by atoms with E-state index in [1.54, 1.807) is 0 Å². The van der Waals surface area contributed by atoms with Gasteiger partial charge in [0, 0.05) is 22.7 Å². The van der Waals surface area contributed by atoms with Gasteiger partial charge in [-0.1, -0.05) is 72.8 Å². The van der Waals surface area contributed by atoms with Gasteiger partial charge in [-0.3, -0.25) is 4.79 Å². The Hall–Kier alpha value is -3.37. The molecular weight excluding hydrogens is 370 g/mol. The molecule has 0 unspecified atom stereocenters. The molecule has 4 nitrogen and oxygen atoms in total. The molecule has 0 bridgehead atoms. The van der Waals surface area contributed by atoms with Gasteiger partial charge < -0.3 is 14.8 Å². The standard InChI is InChI=1S/C26H25N3O/c30-26(23-13-7-12-20-14-15-27-24(20)23)29-18-16-28(17-19-29)25(21-8-3-1-4-9-21)22-10-5-2-6-11-22/h1-15,25,27H,16-19H2/p+1. The Bertz CT molecular complexity index is 1090. The minimum Gasteiger partial charge on any atom is -0.361 e. The van der Waals surface area contributed by atoms with Crippen LogP contribution in [-0.4, -0.2) is 42.0 Å². The van der Waals surface area contributed by atoms with Gasteiger partial charge in [-0.15, -0.1) is 0 Å². The van der Waals surface area contributed by atoms with Gasteiger partial charge in [0.15, 0.2) is 0 Å². The first kappa shape index (κ1) is 18.6. The van der Waals surface area contributed by atoms with Crippen molar-refractivity contribution in [2.75, 3.05) is 26.2 Å². The SMILES string of the molecule is O=C(c1cccc2cc[nH]c12)N1CC[NH+](C(c2ccccc2)c2ccccc2)CC1. The number of hydrogen-bond donors (Lipinski definition) is 2. The van der Waals surface area contributed by atoms with E-state index in [4.69, 9.17) is 0 Å². The number of aromatic amines is 1. The number of aromatic nitrogens is 1. The van der Waals surface area contributed by atoms with E-state index in [1.807, 2.05) is 35.4 Å². The molecule has 1 aliphatic rings. The van der Waals surface area contributed by atoms with Gasteiger partial charge in [-0.25, -0.2) is 0 Å². The summed E-state index contributed by atoms with van der Waals surface area (Å²) in [5.74, 6) is 0.123. The van der Waals surface area contributed by atoms with Crippen molar-refractivity contribution in [3.8, 4) is 0 Å². The molecule has 2 N–H and O–H groups in total. The molecule has 3 aromatic carbocycles. The third kappa shape index (κ3) is 3.51. The Morgan fingerprint density at radius 3 is 2.07 bits per heavy atom. The van der Waals surface area contributed by atoms with E-state index in [9.17, 15) is 4.79 Å². The number of quaternary nitrogens is 1. The molecule has 1 fully saturated rings. The quantitative estimate of drug-likeness (QED) is 0.546. The highest BCUT2D eigenvalue weighted by Gasteiger charge is 2.32. The Balaban J connectivity index is 1.36. The van der Waals surface area contributed by atoms with Crippen molar-refractivity contribution in [3.63, 3.8) is 0 Å². The van der Waals surface area contributed by atoms with Crippen LogP contribution in [-0.2, 0) is 0 Å². The van der Waals surface area contributed by atoms with Crippen LogP contribution in [0.5, 0.6) is 0 Å². The number of carbonyl (C=O) groups excluding carboxylic acids is 1. The summed E-state index contributed by atoms with van der Waals surface area (Å²) in [5, 5.41) is 1.08. The van der Waals surface area contributed by atoms with Crippen LogP contribution in [0, 0.1) is 0 Å². The molecular formula is C26H26N3O+. The van der Waals surface area contributed by atoms with Crippen LogP contribution in [0.1, 0.15) is 27.5 Å². The zero-order valence-electron chi connectivity index (χ0n) is 16.9. The molecule has 0 aliphatic carbocycles. The predicted octanol–water partition coefficient (Wildman–Crippen LogP) is 3.30. The lowest BCUT2D eigenvalue weighted by Crippen LogP contribution is -3.15. The number of hydrogen-bond acceptors (Lipinski definition) is 1. The fourth-order valence-corrected chi connectivity index (χ4v) is 4.67. The number of amides is 1. The summed E-state index contributed by atoms with van der Waals surface area (Å²) in [6.07, 6.45) is 1.90. The minimum atomic E-state index is 0.123. The van der Waals surface area contributed by atoms with E-state index in [0.29, 0.717) is 0 Å². The fraction of sp³-hybridized carbons (Fsp3) is 0.192. The zero-order valence-corrected chi connectivity index (χ0v) is 16.9. The van der Waals surface area contributed by atoms with Crippen LogP contribution >= 0.6 is 0 Å². The maximum absolute atomic E-state index is 13.2. The molecule has 1 aromatic heterocycles. The van der Waals surface area contributed by atoms with Gasteiger partial charge in [0.25, 0.3) is 5.91 Å². The first-order valence-electron chi connectivity index (χ1n) is 10.6. The maximum Gasteiger partial charge on any atom is 0.256 e. The molecule has 0 saturated carbocycles. The molecule has 1 amide bonds. The zero-order chi connectivity index (χ0) is 20.3. The van der Waals surface area contributed by atoms with Crippen LogP contribution in [0.25, 0.3) is 10.9 Å². The molecule has 1 saturated heterocycles. The smallest absolute Gasteiger partial charge is 0.256 e. The molecule has 0 atom stereocenters. The molecule has 150 valence electrons. The van der Waals surface area contributed by atoms with Crippen LogP contribution in [0.4, 0.5) is 0 Å². The first-order valence-corrected chi connectivity index (χ1v) is 10.6. The summed E-state index contributed by atoms with van der Waals surface area (Å²) in [5.41, 5.74) is 4.36. The molecule has 0 radical (unpaired) electrons. The molecule has 1 aliphatic heterocycles. The van der Waals surface area contributed by atoms with Gasteiger partial charge in [0.2, 0.25) is 0 Å². The number of benzene rings is 3. The van der Waals surface area contributed by atoms with Crippen LogP contribution in [0.15, 0.2) is 91.1 Å². The summed E-state index contributed by atoms with van der Waals surface area (Å²) in [7, 11) is 0. The summed E-state index contributed by atoms with van der Waals surface area (Å²) in [6, 6.07) is 29.7. The van der Waals surface area contributed by atoms with E-state index in [-0.39, 0.29) is 11.9 Å². The molecule has 30 heavy (non-hydrogen) atoms. The van der Waals surface area contributed by atoms with E-state index >= 15 is 0 Å². The van der Waals surface area contributed by atoms with Crippen molar-refractivity contribution in [1.29, 1.82) is 0 Å². The first-order chi connectivity index (χ1) is 14.8. The van der Waals surface area contributed by atoms with E-state index in [2.05, 4.69) is 65.6 Å². The van der Waals surface area contributed by atoms with Crippen molar-refractivity contribution < 1.29 is 9.69 Å². The summed E-state index contributed by atoms with van der Waals surface area (Å²) >= 11 is 0. The lowest BCUT2D eigenvalue weighted by atomic mass is 9.96. The number of nitrogens with one attached hydrogen (secondary N) is 2. The molecule has 4 aromatic rings. The Labute approximate surface area is 176 Å². The number of piperazine rings is 1. The molecule has 5 rings (SSSR count). The number of H-pyrrole nitrogens is 1.